The van der Waals surface area contributed by atoms with E-state index in [2.05, 4.69) is 26.3 Å². The monoisotopic (exact) mass is 330 g/mol. The van der Waals surface area contributed by atoms with Gasteiger partial charge in [-0.05, 0) is 31.4 Å². The molecule has 1 aliphatic rings. The molecular weight excluding hydrogens is 304 g/mol. The molecule has 1 saturated carbocycles. The van der Waals surface area contributed by atoms with Gasteiger partial charge in [-0.25, -0.2) is 9.78 Å². The summed E-state index contributed by atoms with van der Waals surface area (Å²) in [5.41, 5.74) is 2.12. The fourth-order valence-corrected chi connectivity index (χ4v) is 3.48. The average molecular weight is 330 g/mol. The quantitative estimate of drug-likeness (QED) is 0.711. The van der Waals surface area contributed by atoms with Crippen LogP contribution in [0.4, 0.5) is 4.79 Å². The van der Waals surface area contributed by atoms with Crippen molar-refractivity contribution in [1.29, 1.82) is 0 Å². The molecule has 130 valence electrons. The lowest BCUT2D eigenvalue weighted by molar-refractivity contribution is 0.153. The molecule has 6 heteroatoms. The van der Waals surface area contributed by atoms with Crippen LogP contribution in [0.25, 0.3) is 11.0 Å². The molecule has 1 aliphatic carbocycles. The summed E-state index contributed by atoms with van der Waals surface area (Å²) in [7, 11) is 0. The Labute approximate surface area is 142 Å². The summed E-state index contributed by atoms with van der Waals surface area (Å²) in [6.45, 7) is 1.59. The number of aliphatic hydroxyl groups excluding tert-OH is 1. The van der Waals surface area contributed by atoms with Crippen LogP contribution in [-0.4, -0.2) is 39.9 Å². The Morgan fingerprint density at radius 3 is 3.00 bits per heavy atom. The molecule has 0 aliphatic heterocycles. The fraction of sp³-hybridized carbons (Fsp3) is 0.556. The number of imidazole rings is 1. The summed E-state index contributed by atoms with van der Waals surface area (Å²) < 4.78 is 2.11. The summed E-state index contributed by atoms with van der Waals surface area (Å²) in [5, 5.41) is 15.3. The highest BCUT2D eigenvalue weighted by atomic mass is 16.3. The van der Waals surface area contributed by atoms with Gasteiger partial charge < -0.3 is 20.3 Å². The zero-order valence-electron chi connectivity index (χ0n) is 13.9. The lowest BCUT2D eigenvalue weighted by Crippen LogP contribution is -2.47. The molecule has 0 spiro atoms. The molecule has 2 atom stereocenters. The number of nitrogens with one attached hydrogen (secondary N) is 2. The first-order valence-electron chi connectivity index (χ1n) is 8.83. The molecule has 0 saturated heterocycles. The number of rotatable bonds is 6. The van der Waals surface area contributed by atoms with Crippen molar-refractivity contribution in [2.75, 3.05) is 13.2 Å². The minimum atomic E-state index is -0.129. The largest absolute Gasteiger partial charge is 0.396 e. The van der Waals surface area contributed by atoms with Crippen molar-refractivity contribution in [2.24, 2.45) is 5.92 Å². The van der Waals surface area contributed by atoms with Crippen LogP contribution in [-0.2, 0) is 6.54 Å². The van der Waals surface area contributed by atoms with Crippen molar-refractivity contribution in [3.8, 4) is 0 Å². The van der Waals surface area contributed by atoms with Crippen molar-refractivity contribution in [1.82, 2.24) is 20.2 Å². The minimum absolute atomic E-state index is 0.0985. The Kier molecular flexibility index (Phi) is 5.69. The summed E-state index contributed by atoms with van der Waals surface area (Å²) in [4.78, 5) is 16.4. The second kappa shape index (κ2) is 8.15. The van der Waals surface area contributed by atoms with Gasteiger partial charge >= 0.3 is 6.03 Å². The molecule has 1 aromatic carbocycles. The van der Waals surface area contributed by atoms with Crippen LogP contribution in [0.2, 0.25) is 0 Å². The van der Waals surface area contributed by atoms with E-state index in [-0.39, 0.29) is 24.6 Å². The number of fused-ring (bicyclic) bond motifs is 1. The van der Waals surface area contributed by atoms with Crippen LogP contribution in [0.3, 0.4) is 0 Å². The first-order chi connectivity index (χ1) is 11.8. The Morgan fingerprint density at radius 1 is 1.29 bits per heavy atom. The molecule has 1 fully saturated rings. The fourth-order valence-electron chi connectivity index (χ4n) is 3.48. The maximum Gasteiger partial charge on any atom is 0.315 e. The van der Waals surface area contributed by atoms with Crippen LogP contribution in [0, 0.1) is 5.92 Å². The second-order valence-electron chi connectivity index (χ2n) is 6.51. The van der Waals surface area contributed by atoms with E-state index in [0.717, 1.165) is 49.7 Å². The van der Waals surface area contributed by atoms with Gasteiger partial charge in [-0.1, -0.05) is 25.0 Å². The molecule has 3 N–H and O–H groups in total. The van der Waals surface area contributed by atoms with E-state index < -0.39 is 0 Å². The number of carbonyl (C=O) groups is 1. The van der Waals surface area contributed by atoms with Gasteiger partial charge in [0.15, 0.2) is 0 Å². The lowest BCUT2D eigenvalue weighted by Gasteiger charge is -2.30. The van der Waals surface area contributed by atoms with Gasteiger partial charge in [-0.15, -0.1) is 0 Å². The normalized spacial score (nSPS) is 20.9. The van der Waals surface area contributed by atoms with Crippen molar-refractivity contribution < 1.29 is 9.90 Å². The number of aliphatic hydroxyl groups is 1. The van der Waals surface area contributed by atoms with E-state index in [4.69, 9.17) is 0 Å². The second-order valence-corrected chi connectivity index (χ2v) is 6.51. The van der Waals surface area contributed by atoms with E-state index in [9.17, 15) is 9.90 Å². The minimum Gasteiger partial charge on any atom is -0.396 e. The van der Waals surface area contributed by atoms with Gasteiger partial charge in [0.25, 0.3) is 0 Å². The smallest absolute Gasteiger partial charge is 0.315 e. The highest BCUT2D eigenvalue weighted by molar-refractivity contribution is 5.75. The maximum atomic E-state index is 12.0. The van der Waals surface area contributed by atoms with Crippen LogP contribution >= 0.6 is 0 Å². The molecule has 3 rings (SSSR count). The van der Waals surface area contributed by atoms with Gasteiger partial charge in [0.05, 0.1) is 17.4 Å². The number of benzene rings is 1. The molecule has 2 unspecified atom stereocenters. The topological polar surface area (TPSA) is 79.2 Å². The summed E-state index contributed by atoms with van der Waals surface area (Å²) >= 11 is 0. The van der Waals surface area contributed by atoms with E-state index in [1.54, 1.807) is 0 Å². The summed E-state index contributed by atoms with van der Waals surface area (Å²) in [6.07, 6.45) is 6.91. The number of nitrogens with zero attached hydrogens (tertiary/aromatic N) is 2. The molecule has 1 aromatic heterocycles. The molecule has 0 bridgehead atoms. The number of aromatic nitrogens is 2. The maximum absolute atomic E-state index is 12.0. The molecule has 24 heavy (non-hydrogen) atoms. The number of hydrogen-bond acceptors (Lipinski definition) is 3. The van der Waals surface area contributed by atoms with Crippen LogP contribution in [0.15, 0.2) is 30.6 Å². The van der Waals surface area contributed by atoms with Crippen LogP contribution < -0.4 is 10.6 Å². The molecule has 2 amide bonds. The zero-order valence-corrected chi connectivity index (χ0v) is 13.9. The highest BCUT2D eigenvalue weighted by Crippen LogP contribution is 2.23. The number of carbonyl (C=O) groups excluding carboxylic acids is 1. The first kappa shape index (κ1) is 16.8. The number of amides is 2. The van der Waals surface area contributed by atoms with Crippen LogP contribution in [0.1, 0.15) is 32.1 Å². The third-order valence-corrected chi connectivity index (χ3v) is 4.85. The van der Waals surface area contributed by atoms with Crippen molar-refractivity contribution in [3.05, 3.63) is 30.6 Å². The number of aryl methyl sites for hydroxylation is 1. The summed E-state index contributed by atoms with van der Waals surface area (Å²) in [6, 6.07) is 8.02. The Balaban J connectivity index is 1.40. The molecule has 0 radical (unpaired) electrons. The van der Waals surface area contributed by atoms with Crippen LogP contribution in [0.5, 0.6) is 0 Å². The number of para-hydroxylation sites is 2. The SMILES string of the molecule is O=C(NCCCn1cnc2ccccc21)NC1CCCCC1CO. The van der Waals surface area contributed by atoms with Gasteiger partial charge in [0.1, 0.15) is 0 Å². The Bertz CT molecular complexity index is 670. The highest BCUT2D eigenvalue weighted by Gasteiger charge is 2.25. The van der Waals surface area contributed by atoms with Crippen molar-refractivity contribution >= 4 is 17.1 Å². The number of hydrogen-bond donors (Lipinski definition) is 3. The average Bonchev–Trinajstić information content (AvgIpc) is 3.02. The van der Waals surface area contributed by atoms with Gasteiger partial charge in [0, 0.05) is 31.7 Å². The van der Waals surface area contributed by atoms with Gasteiger partial charge in [0.2, 0.25) is 0 Å². The molecule has 2 aromatic rings. The number of urea groups is 1. The van der Waals surface area contributed by atoms with Gasteiger partial charge in [-0.3, -0.25) is 0 Å². The zero-order chi connectivity index (χ0) is 16.8. The van der Waals surface area contributed by atoms with E-state index in [0.29, 0.717) is 6.54 Å². The predicted molar refractivity (Wildman–Crippen MR) is 93.7 cm³/mol. The summed E-state index contributed by atoms with van der Waals surface area (Å²) in [5.74, 6) is 0.196. The molecule has 6 nitrogen and oxygen atoms in total. The standard InChI is InChI=1S/C18H26N4O2/c23-12-14-6-1-2-7-15(14)21-18(24)19-10-5-11-22-13-20-16-8-3-4-9-17(16)22/h3-4,8-9,13-15,23H,1-2,5-7,10-12H2,(H2,19,21,24). The van der Waals surface area contributed by atoms with E-state index in [1.807, 2.05) is 24.5 Å². The molecular formula is C18H26N4O2. The van der Waals surface area contributed by atoms with Crippen molar-refractivity contribution in [3.63, 3.8) is 0 Å². The predicted octanol–water partition coefficient (Wildman–Crippen LogP) is 2.28. The molecule has 1 heterocycles. The Morgan fingerprint density at radius 2 is 2.12 bits per heavy atom. The van der Waals surface area contributed by atoms with Gasteiger partial charge in [-0.2, -0.15) is 0 Å². The Hall–Kier alpha value is -2.08. The third kappa shape index (κ3) is 4.06. The third-order valence-electron chi connectivity index (χ3n) is 4.85. The first-order valence-corrected chi connectivity index (χ1v) is 8.83. The lowest BCUT2D eigenvalue weighted by atomic mass is 9.85. The van der Waals surface area contributed by atoms with Crippen molar-refractivity contribution in [2.45, 2.75) is 44.7 Å². The van der Waals surface area contributed by atoms with E-state index in [1.165, 1.54) is 0 Å². The van der Waals surface area contributed by atoms with E-state index >= 15 is 0 Å².